The van der Waals surface area contributed by atoms with Gasteiger partial charge in [0.25, 0.3) is 0 Å². The van der Waals surface area contributed by atoms with Crippen LogP contribution in [0.4, 0.5) is 0 Å². The second-order valence-electron chi connectivity index (χ2n) is 5.89. The Morgan fingerprint density at radius 3 is 2.41 bits per heavy atom. The van der Waals surface area contributed by atoms with Crippen molar-refractivity contribution in [1.29, 1.82) is 0 Å². The highest BCUT2D eigenvalue weighted by molar-refractivity contribution is 7.13. The van der Waals surface area contributed by atoms with Crippen LogP contribution in [0.3, 0.4) is 0 Å². The van der Waals surface area contributed by atoms with Crippen LogP contribution in [0.1, 0.15) is 11.3 Å². The summed E-state index contributed by atoms with van der Waals surface area (Å²) in [6.07, 6.45) is 6.60. The van der Waals surface area contributed by atoms with E-state index >= 15 is 0 Å². The lowest BCUT2D eigenvalue weighted by Crippen LogP contribution is -2.20. The number of nitrogens with zero attached hydrogens (tertiary/aromatic N) is 2. The van der Waals surface area contributed by atoms with Gasteiger partial charge in [-0.25, -0.2) is 4.98 Å². The SMILES string of the molecule is COc1cc(/C=C/C(=O)NCc2csc(-c3ccncc3)n2)cc(OC)c1OC. The first-order valence-electron chi connectivity index (χ1n) is 8.75. The molecule has 150 valence electrons. The number of ether oxygens (including phenoxy) is 3. The maximum Gasteiger partial charge on any atom is 0.244 e. The Morgan fingerprint density at radius 1 is 1.10 bits per heavy atom. The summed E-state index contributed by atoms with van der Waals surface area (Å²) in [7, 11) is 4.64. The van der Waals surface area contributed by atoms with Crippen LogP contribution >= 0.6 is 11.3 Å². The molecule has 0 spiro atoms. The van der Waals surface area contributed by atoms with Crippen LogP contribution in [0.2, 0.25) is 0 Å². The van der Waals surface area contributed by atoms with Crippen molar-refractivity contribution < 1.29 is 19.0 Å². The topological polar surface area (TPSA) is 82.6 Å². The van der Waals surface area contributed by atoms with Gasteiger partial charge in [0.2, 0.25) is 11.7 Å². The Bertz CT molecular complexity index is 977. The number of amides is 1. The summed E-state index contributed by atoms with van der Waals surface area (Å²) in [5, 5.41) is 5.66. The highest BCUT2D eigenvalue weighted by Gasteiger charge is 2.12. The minimum Gasteiger partial charge on any atom is -0.493 e. The van der Waals surface area contributed by atoms with Gasteiger partial charge in [-0.2, -0.15) is 0 Å². The predicted octanol–water partition coefficient (Wildman–Crippen LogP) is 3.56. The third-order valence-electron chi connectivity index (χ3n) is 4.04. The number of aromatic nitrogens is 2. The molecule has 7 nitrogen and oxygen atoms in total. The fraction of sp³-hybridized carbons (Fsp3) is 0.190. The number of carbonyl (C=O) groups excluding carboxylic acids is 1. The van der Waals surface area contributed by atoms with Crippen molar-refractivity contribution in [2.45, 2.75) is 6.54 Å². The number of methoxy groups -OCH3 is 3. The lowest BCUT2D eigenvalue weighted by Gasteiger charge is -2.12. The van der Waals surface area contributed by atoms with Gasteiger partial charge in [-0.15, -0.1) is 11.3 Å². The zero-order chi connectivity index (χ0) is 20.6. The Kier molecular flexibility index (Phi) is 6.80. The zero-order valence-corrected chi connectivity index (χ0v) is 17.2. The number of pyridine rings is 1. The average molecular weight is 411 g/mol. The van der Waals surface area contributed by atoms with Crippen molar-refractivity contribution in [2.24, 2.45) is 0 Å². The molecule has 3 aromatic rings. The smallest absolute Gasteiger partial charge is 0.244 e. The Labute approximate surface area is 173 Å². The van der Waals surface area contributed by atoms with Crippen molar-refractivity contribution in [3.8, 4) is 27.8 Å². The molecule has 0 saturated carbocycles. The number of rotatable bonds is 8. The van der Waals surface area contributed by atoms with E-state index in [0.717, 1.165) is 21.8 Å². The molecular weight excluding hydrogens is 390 g/mol. The van der Waals surface area contributed by atoms with Crippen molar-refractivity contribution in [2.75, 3.05) is 21.3 Å². The first-order valence-corrected chi connectivity index (χ1v) is 9.63. The summed E-state index contributed by atoms with van der Waals surface area (Å²) < 4.78 is 15.9. The minimum atomic E-state index is -0.225. The van der Waals surface area contributed by atoms with E-state index in [-0.39, 0.29) is 5.91 Å². The van der Waals surface area contributed by atoms with E-state index in [1.807, 2.05) is 17.5 Å². The van der Waals surface area contributed by atoms with E-state index < -0.39 is 0 Å². The Balaban J connectivity index is 1.62. The van der Waals surface area contributed by atoms with Crippen molar-refractivity contribution in [3.63, 3.8) is 0 Å². The van der Waals surface area contributed by atoms with Crippen molar-refractivity contribution >= 4 is 23.3 Å². The third-order valence-corrected chi connectivity index (χ3v) is 4.98. The fourth-order valence-corrected chi connectivity index (χ4v) is 3.45. The summed E-state index contributed by atoms with van der Waals surface area (Å²) in [5.74, 6) is 1.33. The van der Waals surface area contributed by atoms with Crippen LogP contribution in [-0.4, -0.2) is 37.2 Å². The molecule has 0 fully saturated rings. The van der Waals surface area contributed by atoms with Gasteiger partial charge in [-0.1, -0.05) is 0 Å². The quantitative estimate of drug-likeness (QED) is 0.571. The summed E-state index contributed by atoms with van der Waals surface area (Å²) in [6.45, 7) is 0.347. The molecule has 8 heteroatoms. The molecule has 0 bridgehead atoms. The van der Waals surface area contributed by atoms with Crippen LogP contribution in [-0.2, 0) is 11.3 Å². The van der Waals surface area contributed by atoms with Crippen LogP contribution in [0.5, 0.6) is 17.2 Å². The van der Waals surface area contributed by atoms with Crippen LogP contribution < -0.4 is 19.5 Å². The number of benzene rings is 1. The van der Waals surface area contributed by atoms with Gasteiger partial charge in [0.1, 0.15) is 5.01 Å². The monoisotopic (exact) mass is 411 g/mol. The summed E-state index contributed by atoms with van der Waals surface area (Å²) in [6, 6.07) is 7.35. The molecule has 0 unspecified atom stereocenters. The van der Waals surface area contributed by atoms with E-state index in [1.165, 1.54) is 17.4 Å². The first kappa shape index (κ1) is 20.3. The standard InChI is InChI=1S/C21H21N3O4S/c1-26-17-10-14(11-18(27-2)20(17)28-3)4-5-19(25)23-12-16-13-29-21(24-16)15-6-8-22-9-7-15/h4-11,13H,12H2,1-3H3,(H,23,25)/b5-4+. The van der Waals surface area contributed by atoms with Crippen molar-refractivity contribution in [3.05, 3.63) is 59.4 Å². The lowest BCUT2D eigenvalue weighted by atomic mass is 10.1. The van der Waals surface area contributed by atoms with Gasteiger partial charge >= 0.3 is 0 Å². The van der Waals surface area contributed by atoms with E-state index in [2.05, 4.69) is 15.3 Å². The average Bonchev–Trinajstić information content (AvgIpc) is 3.25. The molecule has 0 aliphatic heterocycles. The molecule has 29 heavy (non-hydrogen) atoms. The molecule has 0 aliphatic carbocycles. The molecule has 0 radical (unpaired) electrons. The van der Waals surface area contributed by atoms with E-state index in [0.29, 0.717) is 23.8 Å². The predicted molar refractivity (Wildman–Crippen MR) is 112 cm³/mol. The second-order valence-corrected chi connectivity index (χ2v) is 6.75. The molecule has 2 aromatic heterocycles. The van der Waals surface area contributed by atoms with E-state index in [4.69, 9.17) is 14.2 Å². The van der Waals surface area contributed by atoms with Gasteiger partial charge in [0, 0.05) is 29.4 Å². The minimum absolute atomic E-state index is 0.225. The van der Waals surface area contributed by atoms with Gasteiger partial charge in [0.05, 0.1) is 33.6 Å². The van der Waals surface area contributed by atoms with E-state index in [9.17, 15) is 4.79 Å². The number of hydrogen-bond acceptors (Lipinski definition) is 7. The molecular formula is C21H21N3O4S. The lowest BCUT2D eigenvalue weighted by molar-refractivity contribution is -0.116. The maximum absolute atomic E-state index is 12.2. The second kappa shape index (κ2) is 9.70. The summed E-state index contributed by atoms with van der Waals surface area (Å²) in [4.78, 5) is 20.7. The van der Waals surface area contributed by atoms with Gasteiger partial charge in [0.15, 0.2) is 11.5 Å². The van der Waals surface area contributed by atoms with Crippen LogP contribution in [0.25, 0.3) is 16.6 Å². The molecule has 1 aromatic carbocycles. The molecule has 2 heterocycles. The van der Waals surface area contributed by atoms with Gasteiger partial charge < -0.3 is 19.5 Å². The Hall–Kier alpha value is -3.39. The first-order chi connectivity index (χ1) is 14.1. The normalized spacial score (nSPS) is 10.7. The molecule has 1 amide bonds. The van der Waals surface area contributed by atoms with Crippen LogP contribution in [0, 0.1) is 0 Å². The van der Waals surface area contributed by atoms with Gasteiger partial charge in [-0.3, -0.25) is 9.78 Å². The number of hydrogen-bond donors (Lipinski definition) is 1. The summed E-state index contributed by atoms with van der Waals surface area (Å²) >= 11 is 1.53. The van der Waals surface area contributed by atoms with Crippen LogP contribution in [0.15, 0.2) is 48.1 Å². The highest BCUT2D eigenvalue weighted by atomic mass is 32.1. The van der Waals surface area contributed by atoms with Gasteiger partial charge in [-0.05, 0) is 35.9 Å². The summed E-state index contributed by atoms with van der Waals surface area (Å²) in [5.41, 5.74) is 2.56. The molecule has 0 aliphatic rings. The van der Waals surface area contributed by atoms with E-state index in [1.54, 1.807) is 51.9 Å². The largest absolute Gasteiger partial charge is 0.493 e. The molecule has 1 N–H and O–H groups in total. The number of thiazole rings is 1. The maximum atomic E-state index is 12.2. The molecule has 0 saturated heterocycles. The third kappa shape index (κ3) is 5.11. The zero-order valence-electron chi connectivity index (χ0n) is 16.3. The molecule has 0 atom stereocenters. The molecule has 3 rings (SSSR count). The van der Waals surface area contributed by atoms with Crippen molar-refractivity contribution in [1.82, 2.24) is 15.3 Å². The number of carbonyl (C=O) groups is 1. The highest BCUT2D eigenvalue weighted by Crippen LogP contribution is 2.38. The Morgan fingerprint density at radius 2 is 1.79 bits per heavy atom. The number of nitrogens with one attached hydrogen (secondary N) is 1. The fourth-order valence-electron chi connectivity index (χ4n) is 2.62.